The smallest absolute Gasteiger partial charge is 0.248 e. The zero-order chi connectivity index (χ0) is 16.9. The number of carbonyl (C=O) groups is 1. The lowest BCUT2D eigenvalue weighted by atomic mass is 9.99. The van der Waals surface area contributed by atoms with Crippen LogP contribution < -0.4 is 15.4 Å². The molecule has 0 unspecified atom stereocenters. The normalized spacial score (nSPS) is 17.5. The van der Waals surface area contributed by atoms with Crippen LogP contribution in [0.3, 0.4) is 0 Å². The van der Waals surface area contributed by atoms with Crippen LogP contribution in [0.25, 0.3) is 0 Å². The second-order valence-electron chi connectivity index (χ2n) is 6.35. The quantitative estimate of drug-likeness (QED) is 0.918. The van der Waals surface area contributed by atoms with E-state index < -0.39 is 5.91 Å². The van der Waals surface area contributed by atoms with Gasteiger partial charge in [0.05, 0.1) is 6.61 Å². The zero-order valence-electron chi connectivity index (χ0n) is 13.9. The molecular weight excluding hydrogens is 302 g/mol. The lowest BCUT2D eigenvalue weighted by Crippen LogP contribution is -2.38. The highest BCUT2D eigenvalue weighted by molar-refractivity contribution is 5.93. The first-order valence-corrected chi connectivity index (χ1v) is 8.32. The maximum Gasteiger partial charge on any atom is 0.248 e. The second-order valence-corrected chi connectivity index (χ2v) is 6.35. The van der Waals surface area contributed by atoms with E-state index in [2.05, 4.69) is 28.9 Å². The van der Waals surface area contributed by atoms with Gasteiger partial charge in [-0.25, -0.2) is 4.98 Å². The Hall–Kier alpha value is -2.56. The van der Waals surface area contributed by atoms with Crippen LogP contribution >= 0.6 is 0 Å². The molecule has 1 saturated heterocycles. The van der Waals surface area contributed by atoms with Crippen LogP contribution in [-0.2, 0) is 0 Å². The number of hydrogen-bond donors (Lipinski definition) is 1. The SMILES string of the molecule is Cc1ccc(OC[C@H]2CCCN(c3cc(C(N)=O)ccn3)C2)cc1. The number of nitrogens with two attached hydrogens (primary N) is 1. The van der Waals surface area contributed by atoms with E-state index in [9.17, 15) is 4.79 Å². The highest BCUT2D eigenvalue weighted by Crippen LogP contribution is 2.23. The van der Waals surface area contributed by atoms with Gasteiger partial charge in [-0.1, -0.05) is 17.7 Å². The van der Waals surface area contributed by atoms with Crippen molar-refractivity contribution < 1.29 is 9.53 Å². The Balaban J connectivity index is 1.60. The first-order chi connectivity index (χ1) is 11.6. The lowest BCUT2D eigenvalue weighted by Gasteiger charge is -2.33. The van der Waals surface area contributed by atoms with Gasteiger partial charge in [0.25, 0.3) is 0 Å². The average Bonchev–Trinajstić information content (AvgIpc) is 2.61. The number of ether oxygens (including phenoxy) is 1. The number of aromatic nitrogens is 1. The van der Waals surface area contributed by atoms with Crippen LogP contribution in [0.15, 0.2) is 42.6 Å². The van der Waals surface area contributed by atoms with Crippen molar-refractivity contribution in [2.75, 3.05) is 24.6 Å². The minimum atomic E-state index is -0.421. The van der Waals surface area contributed by atoms with E-state index >= 15 is 0 Å². The van der Waals surface area contributed by atoms with Crippen LogP contribution in [0.4, 0.5) is 5.82 Å². The Morgan fingerprint density at radius 2 is 2.12 bits per heavy atom. The van der Waals surface area contributed by atoms with Crippen LogP contribution in [0, 0.1) is 12.8 Å². The van der Waals surface area contributed by atoms with Crippen molar-refractivity contribution in [2.45, 2.75) is 19.8 Å². The molecule has 2 N–H and O–H groups in total. The van der Waals surface area contributed by atoms with Crippen LogP contribution in [0.5, 0.6) is 5.75 Å². The van der Waals surface area contributed by atoms with E-state index in [1.165, 1.54) is 5.56 Å². The predicted molar refractivity (Wildman–Crippen MR) is 94.4 cm³/mol. The Kier molecular flexibility index (Phi) is 4.99. The number of amides is 1. The van der Waals surface area contributed by atoms with Gasteiger partial charge in [-0.05, 0) is 44.0 Å². The van der Waals surface area contributed by atoms with Crippen molar-refractivity contribution in [1.82, 2.24) is 4.98 Å². The summed E-state index contributed by atoms with van der Waals surface area (Å²) in [5.41, 5.74) is 7.08. The molecule has 0 radical (unpaired) electrons. The molecule has 1 amide bonds. The van der Waals surface area contributed by atoms with Crippen molar-refractivity contribution in [3.05, 3.63) is 53.7 Å². The number of anilines is 1. The number of rotatable bonds is 5. The summed E-state index contributed by atoms with van der Waals surface area (Å²) < 4.78 is 5.93. The van der Waals surface area contributed by atoms with Crippen molar-refractivity contribution in [2.24, 2.45) is 11.7 Å². The standard InChI is InChI=1S/C19H23N3O2/c1-14-4-6-17(7-5-14)24-13-15-3-2-10-22(12-15)18-11-16(19(20)23)8-9-21-18/h4-9,11,15H,2-3,10,12-13H2,1H3,(H2,20,23)/t15-/m0/s1. The molecule has 1 aliphatic heterocycles. The monoisotopic (exact) mass is 325 g/mol. The number of carbonyl (C=O) groups excluding carboxylic acids is 1. The van der Waals surface area contributed by atoms with E-state index in [1.54, 1.807) is 18.3 Å². The molecule has 1 aromatic carbocycles. The van der Waals surface area contributed by atoms with Crippen LogP contribution in [0.2, 0.25) is 0 Å². The summed E-state index contributed by atoms with van der Waals surface area (Å²) in [7, 11) is 0. The summed E-state index contributed by atoms with van der Waals surface area (Å²) >= 11 is 0. The fraction of sp³-hybridized carbons (Fsp3) is 0.368. The highest BCUT2D eigenvalue weighted by atomic mass is 16.5. The van der Waals surface area contributed by atoms with Crippen LogP contribution in [0.1, 0.15) is 28.8 Å². The van der Waals surface area contributed by atoms with Crippen molar-refractivity contribution in [1.29, 1.82) is 0 Å². The summed E-state index contributed by atoms with van der Waals surface area (Å²) in [6.45, 7) is 4.57. The number of primary amides is 1. The maximum absolute atomic E-state index is 11.3. The molecule has 126 valence electrons. The van der Waals surface area contributed by atoms with Gasteiger partial charge in [0.1, 0.15) is 11.6 Å². The number of nitrogens with zero attached hydrogens (tertiary/aromatic N) is 2. The van der Waals surface area contributed by atoms with Gasteiger partial charge in [0.15, 0.2) is 0 Å². The Morgan fingerprint density at radius 1 is 1.33 bits per heavy atom. The van der Waals surface area contributed by atoms with E-state index in [0.29, 0.717) is 18.1 Å². The molecule has 24 heavy (non-hydrogen) atoms. The van der Waals surface area contributed by atoms with Gasteiger partial charge in [-0.2, -0.15) is 0 Å². The van der Waals surface area contributed by atoms with Crippen molar-refractivity contribution in [3.63, 3.8) is 0 Å². The predicted octanol–water partition coefficient (Wildman–Crippen LogP) is 2.78. The largest absolute Gasteiger partial charge is 0.493 e. The molecular formula is C19H23N3O2. The molecule has 3 rings (SSSR count). The lowest BCUT2D eigenvalue weighted by molar-refractivity contribution is 0.1000. The first kappa shape index (κ1) is 16.3. The number of benzene rings is 1. The number of hydrogen-bond acceptors (Lipinski definition) is 4. The molecule has 1 atom stereocenters. The second kappa shape index (κ2) is 7.34. The summed E-state index contributed by atoms with van der Waals surface area (Å²) in [5.74, 6) is 1.74. The number of pyridine rings is 1. The third-order valence-electron chi connectivity index (χ3n) is 4.38. The average molecular weight is 325 g/mol. The molecule has 2 aromatic rings. The number of aryl methyl sites for hydroxylation is 1. The molecule has 5 heteroatoms. The Morgan fingerprint density at radius 3 is 2.88 bits per heavy atom. The summed E-state index contributed by atoms with van der Waals surface area (Å²) in [4.78, 5) is 17.9. The fourth-order valence-electron chi connectivity index (χ4n) is 3.00. The van der Waals surface area contributed by atoms with E-state index in [4.69, 9.17) is 10.5 Å². The summed E-state index contributed by atoms with van der Waals surface area (Å²) in [6.07, 6.45) is 3.87. The molecule has 5 nitrogen and oxygen atoms in total. The number of piperidine rings is 1. The summed E-state index contributed by atoms with van der Waals surface area (Å²) in [6, 6.07) is 11.5. The molecule has 0 saturated carbocycles. The van der Waals surface area contributed by atoms with E-state index in [0.717, 1.165) is 37.5 Å². The first-order valence-electron chi connectivity index (χ1n) is 8.32. The Labute approximate surface area is 142 Å². The summed E-state index contributed by atoms with van der Waals surface area (Å²) in [5, 5.41) is 0. The zero-order valence-corrected chi connectivity index (χ0v) is 13.9. The molecule has 1 aliphatic rings. The Bertz CT molecular complexity index is 700. The molecule has 0 aliphatic carbocycles. The van der Waals surface area contributed by atoms with Gasteiger partial charge in [0.2, 0.25) is 5.91 Å². The third kappa shape index (κ3) is 4.04. The molecule has 1 fully saturated rings. The van der Waals surface area contributed by atoms with E-state index in [-0.39, 0.29) is 0 Å². The highest BCUT2D eigenvalue weighted by Gasteiger charge is 2.22. The van der Waals surface area contributed by atoms with Gasteiger partial charge in [-0.3, -0.25) is 4.79 Å². The minimum Gasteiger partial charge on any atom is -0.493 e. The van der Waals surface area contributed by atoms with Crippen LogP contribution in [-0.4, -0.2) is 30.6 Å². The van der Waals surface area contributed by atoms with Gasteiger partial charge < -0.3 is 15.4 Å². The molecule has 0 spiro atoms. The van der Waals surface area contributed by atoms with E-state index in [1.807, 2.05) is 12.1 Å². The molecule has 2 heterocycles. The third-order valence-corrected chi connectivity index (χ3v) is 4.38. The van der Waals surface area contributed by atoms with Gasteiger partial charge in [0, 0.05) is 30.8 Å². The topological polar surface area (TPSA) is 68.5 Å². The van der Waals surface area contributed by atoms with Crippen molar-refractivity contribution in [3.8, 4) is 5.75 Å². The fourth-order valence-corrected chi connectivity index (χ4v) is 3.00. The molecule has 1 aromatic heterocycles. The van der Waals surface area contributed by atoms with Gasteiger partial charge >= 0.3 is 0 Å². The minimum absolute atomic E-state index is 0.421. The maximum atomic E-state index is 11.3. The molecule has 0 bridgehead atoms. The van der Waals surface area contributed by atoms with Gasteiger partial charge in [-0.15, -0.1) is 0 Å². The van der Waals surface area contributed by atoms with Crippen molar-refractivity contribution >= 4 is 11.7 Å².